The van der Waals surface area contributed by atoms with Crippen molar-refractivity contribution < 1.29 is 14.7 Å². The molecule has 1 amide bonds. The van der Waals surface area contributed by atoms with Crippen LogP contribution in [0, 0.1) is 13.8 Å². The van der Waals surface area contributed by atoms with Crippen LogP contribution in [0.25, 0.3) is 0 Å². The van der Waals surface area contributed by atoms with Crippen LogP contribution in [-0.2, 0) is 11.2 Å². The fourth-order valence-corrected chi connectivity index (χ4v) is 3.02. The van der Waals surface area contributed by atoms with Crippen molar-refractivity contribution in [1.82, 2.24) is 0 Å². The highest BCUT2D eigenvalue weighted by Crippen LogP contribution is 2.33. The molecule has 0 saturated heterocycles. The van der Waals surface area contributed by atoms with E-state index in [0.717, 1.165) is 16.7 Å². The monoisotopic (exact) mass is 295 g/mol. The quantitative estimate of drug-likeness (QED) is 0.926. The average Bonchev–Trinajstić information content (AvgIpc) is 2.86. The van der Waals surface area contributed by atoms with Gasteiger partial charge in [0.25, 0.3) is 5.91 Å². The van der Waals surface area contributed by atoms with Gasteiger partial charge in [-0.1, -0.05) is 35.9 Å². The Balaban J connectivity index is 2.07. The fourth-order valence-electron chi connectivity index (χ4n) is 3.02. The SMILES string of the molecule is Cc1ccc(C(=O)N2c3ccccc3CC2C(=O)O)c(C)c1. The molecule has 0 aliphatic carbocycles. The standard InChI is InChI=1S/C18H17NO3/c1-11-7-8-14(12(2)9-11)17(20)19-15-6-4-3-5-13(15)10-16(19)18(21)22/h3-9,16H,10H2,1-2H3,(H,21,22). The van der Waals surface area contributed by atoms with Gasteiger partial charge in [-0.05, 0) is 37.1 Å². The van der Waals surface area contributed by atoms with Gasteiger partial charge in [-0.3, -0.25) is 9.69 Å². The second-order valence-corrected chi connectivity index (χ2v) is 5.68. The molecule has 0 fully saturated rings. The lowest BCUT2D eigenvalue weighted by Gasteiger charge is -2.23. The van der Waals surface area contributed by atoms with E-state index < -0.39 is 12.0 Å². The van der Waals surface area contributed by atoms with E-state index in [1.54, 1.807) is 12.1 Å². The number of anilines is 1. The normalized spacial score (nSPS) is 16.5. The largest absolute Gasteiger partial charge is 0.480 e. The minimum atomic E-state index is -0.977. The Labute approximate surface area is 129 Å². The lowest BCUT2D eigenvalue weighted by atomic mass is 10.0. The molecule has 1 unspecified atom stereocenters. The van der Waals surface area contributed by atoms with Gasteiger partial charge in [0.15, 0.2) is 0 Å². The van der Waals surface area contributed by atoms with E-state index in [-0.39, 0.29) is 5.91 Å². The molecule has 22 heavy (non-hydrogen) atoms. The van der Waals surface area contributed by atoms with E-state index in [0.29, 0.717) is 17.7 Å². The third-order valence-electron chi connectivity index (χ3n) is 4.09. The molecule has 1 aliphatic rings. The molecular formula is C18H17NO3. The first-order chi connectivity index (χ1) is 10.5. The van der Waals surface area contributed by atoms with E-state index in [1.165, 1.54) is 4.90 Å². The molecule has 1 aliphatic heterocycles. The number of carboxylic acids is 1. The minimum absolute atomic E-state index is 0.255. The van der Waals surface area contributed by atoms with Crippen molar-refractivity contribution in [3.63, 3.8) is 0 Å². The molecule has 3 rings (SSSR count). The summed E-state index contributed by atoms with van der Waals surface area (Å²) >= 11 is 0. The predicted molar refractivity (Wildman–Crippen MR) is 84.3 cm³/mol. The summed E-state index contributed by atoms with van der Waals surface area (Å²) in [6.45, 7) is 3.84. The van der Waals surface area contributed by atoms with Crippen LogP contribution in [0.2, 0.25) is 0 Å². The van der Waals surface area contributed by atoms with E-state index in [4.69, 9.17) is 0 Å². The second-order valence-electron chi connectivity index (χ2n) is 5.68. The van der Waals surface area contributed by atoms with Gasteiger partial charge < -0.3 is 5.11 Å². The van der Waals surface area contributed by atoms with Crippen LogP contribution in [0.3, 0.4) is 0 Å². The maximum Gasteiger partial charge on any atom is 0.327 e. The number of hydrogen-bond acceptors (Lipinski definition) is 2. The van der Waals surface area contributed by atoms with Gasteiger partial charge >= 0.3 is 5.97 Å². The number of carboxylic acid groups (broad SMARTS) is 1. The Bertz CT molecular complexity index is 767. The van der Waals surface area contributed by atoms with Crippen LogP contribution in [0.5, 0.6) is 0 Å². The molecular weight excluding hydrogens is 278 g/mol. The maximum absolute atomic E-state index is 12.9. The van der Waals surface area contributed by atoms with Crippen LogP contribution in [0.1, 0.15) is 27.0 Å². The van der Waals surface area contributed by atoms with Gasteiger partial charge in [0, 0.05) is 17.7 Å². The van der Waals surface area contributed by atoms with Gasteiger partial charge in [0.2, 0.25) is 0 Å². The van der Waals surface area contributed by atoms with Crippen molar-refractivity contribution in [3.05, 3.63) is 64.7 Å². The third-order valence-corrected chi connectivity index (χ3v) is 4.09. The fraction of sp³-hybridized carbons (Fsp3) is 0.222. The summed E-state index contributed by atoms with van der Waals surface area (Å²) < 4.78 is 0. The molecule has 1 heterocycles. The number of carbonyl (C=O) groups is 2. The van der Waals surface area contributed by atoms with Crippen molar-refractivity contribution in [3.8, 4) is 0 Å². The number of nitrogens with zero attached hydrogens (tertiary/aromatic N) is 1. The topological polar surface area (TPSA) is 57.6 Å². The van der Waals surface area contributed by atoms with Crippen LogP contribution in [0.4, 0.5) is 5.69 Å². The summed E-state index contributed by atoms with van der Waals surface area (Å²) in [5.74, 6) is -1.23. The highest BCUT2D eigenvalue weighted by atomic mass is 16.4. The van der Waals surface area contributed by atoms with Gasteiger partial charge in [-0.25, -0.2) is 4.79 Å². The molecule has 0 bridgehead atoms. The van der Waals surface area contributed by atoms with Crippen LogP contribution >= 0.6 is 0 Å². The first kappa shape index (κ1) is 14.3. The highest BCUT2D eigenvalue weighted by molar-refractivity contribution is 6.11. The maximum atomic E-state index is 12.9. The summed E-state index contributed by atoms with van der Waals surface area (Å²) in [7, 11) is 0. The molecule has 4 heteroatoms. The summed E-state index contributed by atoms with van der Waals surface area (Å²) in [5.41, 5.74) is 4.07. The summed E-state index contributed by atoms with van der Waals surface area (Å²) in [6.07, 6.45) is 0.349. The number of para-hydroxylation sites is 1. The molecule has 4 nitrogen and oxygen atoms in total. The summed E-state index contributed by atoms with van der Waals surface area (Å²) in [5, 5.41) is 9.47. The molecule has 0 saturated carbocycles. The number of benzene rings is 2. The van der Waals surface area contributed by atoms with Gasteiger partial charge in [0.1, 0.15) is 6.04 Å². The predicted octanol–water partition coefficient (Wildman–Crippen LogP) is 2.96. The molecule has 0 spiro atoms. The van der Waals surface area contributed by atoms with Crippen molar-refractivity contribution in [2.45, 2.75) is 26.3 Å². The Hall–Kier alpha value is -2.62. The van der Waals surface area contributed by atoms with E-state index in [2.05, 4.69) is 0 Å². The molecule has 112 valence electrons. The molecule has 1 atom stereocenters. The molecule has 0 aromatic heterocycles. The Morgan fingerprint density at radius 1 is 1.14 bits per heavy atom. The van der Waals surface area contributed by atoms with Crippen LogP contribution in [-0.4, -0.2) is 23.0 Å². The number of carbonyl (C=O) groups excluding carboxylic acids is 1. The number of hydrogen-bond donors (Lipinski definition) is 1. The molecule has 2 aromatic rings. The van der Waals surface area contributed by atoms with E-state index >= 15 is 0 Å². The molecule has 1 N–H and O–H groups in total. The van der Waals surface area contributed by atoms with Crippen molar-refractivity contribution in [2.75, 3.05) is 4.90 Å². The third kappa shape index (κ3) is 2.26. The molecule has 2 aromatic carbocycles. The summed E-state index contributed by atoms with van der Waals surface area (Å²) in [4.78, 5) is 25.9. The zero-order valence-electron chi connectivity index (χ0n) is 12.5. The number of rotatable bonds is 2. The zero-order valence-corrected chi connectivity index (χ0v) is 12.5. The lowest BCUT2D eigenvalue weighted by Crippen LogP contribution is -2.43. The Kier molecular flexibility index (Phi) is 3.45. The Morgan fingerprint density at radius 2 is 1.86 bits per heavy atom. The van der Waals surface area contributed by atoms with Crippen molar-refractivity contribution in [1.29, 1.82) is 0 Å². The first-order valence-electron chi connectivity index (χ1n) is 7.20. The van der Waals surface area contributed by atoms with E-state index in [9.17, 15) is 14.7 Å². The minimum Gasteiger partial charge on any atom is -0.480 e. The number of fused-ring (bicyclic) bond motifs is 1. The van der Waals surface area contributed by atoms with Crippen molar-refractivity contribution in [2.24, 2.45) is 0 Å². The number of amides is 1. The van der Waals surface area contributed by atoms with Crippen molar-refractivity contribution >= 4 is 17.6 Å². The smallest absolute Gasteiger partial charge is 0.327 e. The molecule has 0 radical (unpaired) electrons. The second kappa shape index (κ2) is 5.30. The van der Waals surface area contributed by atoms with Gasteiger partial charge in [-0.15, -0.1) is 0 Å². The Morgan fingerprint density at radius 3 is 2.55 bits per heavy atom. The van der Waals surface area contributed by atoms with E-state index in [1.807, 2.05) is 44.2 Å². The first-order valence-corrected chi connectivity index (χ1v) is 7.20. The average molecular weight is 295 g/mol. The lowest BCUT2D eigenvalue weighted by molar-refractivity contribution is -0.138. The van der Waals surface area contributed by atoms with Crippen LogP contribution in [0.15, 0.2) is 42.5 Å². The van der Waals surface area contributed by atoms with Crippen LogP contribution < -0.4 is 4.90 Å². The zero-order chi connectivity index (χ0) is 15.9. The number of aliphatic carboxylic acids is 1. The van der Waals surface area contributed by atoms with Gasteiger partial charge in [-0.2, -0.15) is 0 Å². The highest BCUT2D eigenvalue weighted by Gasteiger charge is 2.38. The summed E-state index contributed by atoms with van der Waals surface area (Å²) in [6, 6.07) is 12.1. The number of aryl methyl sites for hydroxylation is 2. The van der Waals surface area contributed by atoms with Gasteiger partial charge in [0.05, 0.1) is 0 Å².